The summed E-state index contributed by atoms with van der Waals surface area (Å²) in [4.78, 5) is 69.1. The zero-order valence-electron chi connectivity index (χ0n) is 24.0. The molecule has 0 spiro atoms. The number of fused-ring (bicyclic) bond motifs is 5. The van der Waals surface area contributed by atoms with Gasteiger partial charge in [0, 0.05) is 24.4 Å². The van der Waals surface area contributed by atoms with Gasteiger partial charge in [0.1, 0.15) is 17.3 Å². The molecule has 0 unspecified atom stereocenters. The Bertz CT molecular complexity index is 1790. The number of phenols is 1. The number of nitrogens with zero attached hydrogens (tertiary/aromatic N) is 2. The van der Waals surface area contributed by atoms with Gasteiger partial charge in [-0.3, -0.25) is 28.9 Å². The molecule has 1 saturated carbocycles. The van der Waals surface area contributed by atoms with Crippen LogP contribution < -0.4 is 9.64 Å². The largest absolute Gasteiger partial charge is 0.508 e. The number of amides is 4. The van der Waals surface area contributed by atoms with Crippen molar-refractivity contribution in [2.24, 2.45) is 35.0 Å². The number of imide groups is 2. The van der Waals surface area contributed by atoms with E-state index in [2.05, 4.69) is 0 Å². The van der Waals surface area contributed by atoms with E-state index < -0.39 is 70.4 Å². The molecule has 2 aromatic rings. The van der Waals surface area contributed by atoms with Crippen molar-refractivity contribution in [2.75, 3.05) is 11.4 Å². The second-order valence-electron chi connectivity index (χ2n) is 12.5. The third-order valence-electron chi connectivity index (χ3n) is 10.2. The summed E-state index contributed by atoms with van der Waals surface area (Å²) in [5.74, 6) is -6.97. The SMILES string of the molecule is C[C@@]12C(=O)N(c3ccc(F)c(Cl)c3)C(=O)[C@@H]1C[C@@H]1C(=CC[C@@H]3C(=O)N(CCC(=O)O)C(=O)[C@@H]31)[C@@H]2C1=COc2ccc(O)cc2C1. The lowest BCUT2D eigenvalue weighted by Gasteiger charge is -2.49. The van der Waals surface area contributed by atoms with E-state index in [0.717, 1.165) is 21.4 Å². The number of carboxylic acids is 1. The second kappa shape index (κ2) is 10.3. The first-order chi connectivity index (χ1) is 21.4. The zero-order chi connectivity index (χ0) is 31.9. The Morgan fingerprint density at radius 1 is 1.09 bits per heavy atom. The number of benzene rings is 2. The predicted molar refractivity (Wildman–Crippen MR) is 156 cm³/mol. The van der Waals surface area contributed by atoms with Crippen molar-refractivity contribution in [1.82, 2.24) is 4.90 Å². The van der Waals surface area contributed by atoms with E-state index >= 15 is 0 Å². The van der Waals surface area contributed by atoms with E-state index in [0.29, 0.717) is 16.9 Å². The van der Waals surface area contributed by atoms with Crippen molar-refractivity contribution in [3.8, 4) is 11.5 Å². The maximum atomic E-state index is 14.5. The molecule has 10 nitrogen and oxygen atoms in total. The summed E-state index contributed by atoms with van der Waals surface area (Å²) in [7, 11) is 0. The molecule has 12 heteroatoms. The molecular weight excluding hydrogens is 607 g/mol. The zero-order valence-corrected chi connectivity index (χ0v) is 24.8. The van der Waals surface area contributed by atoms with E-state index in [4.69, 9.17) is 16.3 Å². The number of anilines is 1. The molecule has 5 aliphatic rings. The Balaban J connectivity index is 1.34. The quantitative estimate of drug-likeness (QED) is 0.368. The van der Waals surface area contributed by atoms with Crippen LogP contribution in [-0.4, -0.2) is 51.3 Å². The van der Waals surface area contributed by atoms with Gasteiger partial charge in [0.25, 0.3) is 0 Å². The third-order valence-corrected chi connectivity index (χ3v) is 10.5. The molecule has 45 heavy (non-hydrogen) atoms. The fourth-order valence-corrected chi connectivity index (χ4v) is 8.38. The van der Waals surface area contributed by atoms with Crippen LogP contribution in [0.5, 0.6) is 11.5 Å². The average molecular weight is 635 g/mol. The molecule has 2 aliphatic carbocycles. The Labute approximate surface area is 261 Å². The van der Waals surface area contributed by atoms with Gasteiger partial charge in [0.05, 0.1) is 46.6 Å². The molecule has 3 aliphatic heterocycles. The van der Waals surface area contributed by atoms with Crippen molar-refractivity contribution in [2.45, 2.75) is 32.6 Å². The van der Waals surface area contributed by atoms with E-state index in [1.165, 1.54) is 18.2 Å². The number of carbonyl (C=O) groups is 5. The Morgan fingerprint density at radius 2 is 1.87 bits per heavy atom. The van der Waals surface area contributed by atoms with E-state index in [-0.39, 0.29) is 48.7 Å². The molecule has 6 atom stereocenters. The summed E-state index contributed by atoms with van der Waals surface area (Å²) in [6.07, 6.45) is 3.66. The minimum Gasteiger partial charge on any atom is -0.508 e. The van der Waals surface area contributed by atoms with Gasteiger partial charge in [-0.05, 0) is 67.7 Å². The first kappa shape index (κ1) is 29.2. The third kappa shape index (κ3) is 4.23. The van der Waals surface area contributed by atoms with Crippen LogP contribution in [0.2, 0.25) is 5.02 Å². The van der Waals surface area contributed by atoms with Crippen LogP contribution in [0, 0.1) is 40.8 Å². The number of allylic oxidation sites excluding steroid dienone is 3. The summed E-state index contributed by atoms with van der Waals surface area (Å²) in [6.45, 7) is 1.47. The first-order valence-electron chi connectivity index (χ1n) is 14.7. The Morgan fingerprint density at radius 3 is 2.60 bits per heavy atom. The number of aliphatic carboxylic acids is 1. The van der Waals surface area contributed by atoms with Crippen molar-refractivity contribution in [3.05, 3.63) is 76.3 Å². The molecular formula is C33H28ClFN2O8. The molecule has 2 N–H and O–H groups in total. The van der Waals surface area contributed by atoms with E-state index in [1.807, 2.05) is 6.08 Å². The number of hydrogen-bond donors (Lipinski definition) is 2. The van der Waals surface area contributed by atoms with Gasteiger partial charge in [0.2, 0.25) is 23.6 Å². The molecule has 7 rings (SSSR count). The van der Waals surface area contributed by atoms with Crippen molar-refractivity contribution < 1.29 is 43.3 Å². The fraction of sp³-hybridized carbons (Fsp3) is 0.364. The van der Waals surface area contributed by atoms with Gasteiger partial charge in [0.15, 0.2) is 0 Å². The number of hydrogen-bond acceptors (Lipinski definition) is 7. The number of carbonyl (C=O) groups excluding carboxylic acids is 4. The van der Waals surface area contributed by atoms with Crippen LogP contribution in [0.25, 0.3) is 0 Å². The van der Waals surface area contributed by atoms with Crippen LogP contribution >= 0.6 is 11.6 Å². The lowest BCUT2D eigenvalue weighted by atomic mass is 9.51. The molecule has 232 valence electrons. The summed E-state index contributed by atoms with van der Waals surface area (Å²) in [5, 5.41) is 19.1. The lowest BCUT2D eigenvalue weighted by Crippen LogP contribution is -2.51. The van der Waals surface area contributed by atoms with Gasteiger partial charge in [-0.1, -0.05) is 23.3 Å². The monoisotopic (exact) mass is 634 g/mol. The van der Waals surface area contributed by atoms with Gasteiger partial charge < -0.3 is 14.9 Å². The van der Waals surface area contributed by atoms with Crippen molar-refractivity contribution in [3.63, 3.8) is 0 Å². The van der Waals surface area contributed by atoms with Crippen LogP contribution in [0.4, 0.5) is 10.1 Å². The summed E-state index contributed by atoms with van der Waals surface area (Å²) in [6, 6.07) is 8.33. The van der Waals surface area contributed by atoms with Gasteiger partial charge in [-0.25, -0.2) is 9.29 Å². The van der Waals surface area contributed by atoms with Crippen molar-refractivity contribution >= 4 is 46.9 Å². The highest BCUT2D eigenvalue weighted by Gasteiger charge is 2.68. The fourth-order valence-electron chi connectivity index (χ4n) is 8.21. The van der Waals surface area contributed by atoms with Gasteiger partial charge >= 0.3 is 5.97 Å². The minimum atomic E-state index is -1.34. The summed E-state index contributed by atoms with van der Waals surface area (Å²) in [5.41, 5.74) is 0.863. The number of carboxylic acid groups (broad SMARTS) is 1. The maximum Gasteiger partial charge on any atom is 0.305 e. The normalized spacial score (nSPS) is 30.2. The predicted octanol–water partition coefficient (Wildman–Crippen LogP) is 4.24. The number of aromatic hydroxyl groups is 1. The standard InChI is InChI=1S/C33H28ClFN2O8/c1-33-22(30(42)37(32(33)44)17-2-6-24(35)23(34)12-17)13-21-19(28(33)16-10-15-11-18(38)3-7-25(15)45-14-16)4-5-20-27(21)31(43)36(29(20)41)9-8-26(39)40/h2-4,6-7,11-12,14,20-22,27-28,38H,5,8-10,13H2,1H3,(H,39,40)/t20-,21+,22-,27-,28-,33+/m0/s1. The molecule has 0 aromatic heterocycles. The molecule has 3 fully saturated rings. The Kier molecular flexibility index (Phi) is 6.66. The van der Waals surface area contributed by atoms with Gasteiger partial charge in [-0.2, -0.15) is 0 Å². The highest BCUT2D eigenvalue weighted by atomic mass is 35.5. The first-order valence-corrected chi connectivity index (χ1v) is 15.1. The second-order valence-corrected chi connectivity index (χ2v) is 12.9. The molecule has 3 heterocycles. The summed E-state index contributed by atoms with van der Waals surface area (Å²) < 4.78 is 20.0. The molecule has 0 radical (unpaired) electrons. The topological polar surface area (TPSA) is 142 Å². The number of halogens is 2. The Hall–Kier alpha value is -4.51. The van der Waals surface area contributed by atoms with Crippen LogP contribution in [-0.2, 0) is 30.4 Å². The minimum absolute atomic E-state index is 0.0342. The average Bonchev–Trinajstić information content (AvgIpc) is 3.36. The number of rotatable bonds is 5. The lowest BCUT2D eigenvalue weighted by molar-refractivity contribution is -0.142. The molecule has 4 amide bonds. The van der Waals surface area contributed by atoms with E-state index in [1.54, 1.807) is 25.3 Å². The highest BCUT2D eigenvalue weighted by Crippen LogP contribution is 2.63. The molecule has 0 bridgehead atoms. The number of phenolic OH excluding ortho intramolecular Hbond substituents is 1. The van der Waals surface area contributed by atoms with Crippen LogP contribution in [0.1, 0.15) is 31.7 Å². The van der Waals surface area contributed by atoms with Crippen LogP contribution in [0.15, 0.2) is 59.9 Å². The molecule has 2 aromatic carbocycles. The molecule has 2 saturated heterocycles. The van der Waals surface area contributed by atoms with Crippen LogP contribution in [0.3, 0.4) is 0 Å². The van der Waals surface area contributed by atoms with E-state index in [9.17, 15) is 38.6 Å². The number of ether oxygens (including phenoxy) is 1. The summed E-state index contributed by atoms with van der Waals surface area (Å²) >= 11 is 6.05. The van der Waals surface area contributed by atoms with Crippen molar-refractivity contribution in [1.29, 1.82) is 0 Å². The smallest absolute Gasteiger partial charge is 0.305 e. The number of likely N-dealkylation sites (tertiary alicyclic amines) is 1. The van der Waals surface area contributed by atoms with Gasteiger partial charge in [-0.15, -0.1) is 0 Å². The maximum absolute atomic E-state index is 14.5. The highest BCUT2D eigenvalue weighted by molar-refractivity contribution is 6.31.